The highest BCUT2D eigenvalue weighted by molar-refractivity contribution is 6.05. The van der Waals surface area contributed by atoms with Gasteiger partial charge in [0.25, 0.3) is 0 Å². The first kappa shape index (κ1) is 13.6. The van der Waals surface area contributed by atoms with Crippen LogP contribution in [0.4, 0.5) is 0 Å². The normalized spacial score (nSPS) is 20.0. The van der Waals surface area contributed by atoms with E-state index in [0.717, 1.165) is 46.9 Å². The molecule has 22 heavy (non-hydrogen) atoms. The average Bonchev–Trinajstić information content (AvgIpc) is 2.85. The van der Waals surface area contributed by atoms with Crippen molar-refractivity contribution < 1.29 is 14.6 Å². The van der Waals surface area contributed by atoms with E-state index in [9.17, 15) is 10.2 Å². The summed E-state index contributed by atoms with van der Waals surface area (Å²) in [5.41, 5.74) is 2.48. The number of aromatic hydroxyl groups is 1. The molecule has 0 unspecified atom stereocenters. The molecule has 4 rings (SSSR count). The number of aliphatic hydroxyl groups excluding tert-OH is 1. The van der Waals surface area contributed by atoms with Gasteiger partial charge in [-0.2, -0.15) is 0 Å². The number of piperidine rings is 1. The molecule has 4 heteroatoms. The highest BCUT2D eigenvalue weighted by Crippen LogP contribution is 2.34. The number of phenolic OH excluding ortho intramolecular Hbond substituents is 1. The van der Waals surface area contributed by atoms with Crippen LogP contribution in [0.5, 0.6) is 5.75 Å². The van der Waals surface area contributed by atoms with Crippen LogP contribution >= 0.6 is 0 Å². The van der Waals surface area contributed by atoms with E-state index in [1.807, 2.05) is 30.3 Å². The van der Waals surface area contributed by atoms with Gasteiger partial charge in [0.1, 0.15) is 16.9 Å². The van der Waals surface area contributed by atoms with Crippen molar-refractivity contribution in [3.8, 4) is 5.75 Å². The molecular weight excluding hydrogens is 278 g/mol. The molecule has 1 aliphatic rings. The van der Waals surface area contributed by atoms with Crippen molar-refractivity contribution >= 4 is 21.9 Å². The van der Waals surface area contributed by atoms with Gasteiger partial charge in [-0.15, -0.1) is 0 Å². The molecule has 2 N–H and O–H groups in total. The van der Waals surface area contributed by atoms with Crippen molar-refractivity contribution in [2.24, 2.45) is 0 Å². The van der Waals surface area contributed by atoms with Crippen molar-refractivity contribution in [1.29, 1.82) is 0 Å². The van der Waals surface area contributed by atoms with Gasteiger partial charge in [0.15, 0.2) is 0 Å². The van der Waals surface area contributed by atoms with Gasteiger partial charge in [-0.25, -0.2) is 0 Å². The Bertz CT molecular complexity index is 824. The molecule has 4 nitrogen and oxygen atoms in total. The van der Waals surface area contributed by atoms with Crippen molar-refractivity contribution in [1.82, 2.24) is 4.90 Å². The number of nitrogens with zero attached hydrogens (tertiary/aromatic N) is 1. The van der Waals surface area contributed by atoms with Gasteiger partial charge >= 0.3 is 0 Å². The Morgan fingerprint density at radius 3 is 2.86 bits per heavy atom. The highest BCUT2D eigenvalue weighted by Gasteiger charge is 2.19. The second-order valence-corrected chi connectivity index (χ2v) is 6.11. The summed E-state index contributed by atoms with van der Waals surface area (Å²) in [5.74, 6) is 0.291. The molecule has 0 aliphatic carbocycles. The topological polar surface area (TPSA) is 56.8 Å². The zero-order chi connectivity index (χ0) is 15.1. The Kier molecular flexibility index (Phi) is 3.28. The number of likely N-dealkylation sites (tertiary alicyclic amines) is 1. The Morgan fingerprint density at radius 2 is 2.00 bits per heavy atom. The molecule has 0 spiro atoms. The zero-order valence-electron chi connectivity index (χ0n) is 12.3. The maximum absolute atomic E-state index is 10.4. The minimum atomic E-state index is -0.258. The van der Waals surface area contributed by atoms with E-state index in [4.69, 9.17) is 4.42 Å². The summed E-state index contributed by atoms with van der Waals surface area (Å²) in [7, 11) is 0. The van der Waals surface area contributed by atoms with Crippen LogP contribution < -0.4 is 0 Å². The van der Waals surface area contributed by atoms with Crippen LogP contribution in [-0.2, 0) is 6.54 Å². The summed E-state index contributed by atoms with van der Waals surface area (Å²) in [6.07, 6.45) is 1.60. The molecular formula is C18H19NO3. The number of phenols is 1. The zero-order valence-corrected chi connectivity index (χ0v) is 12.3. The fourth-order valence-electron chi connectivity index (χ4n) is 3.34. The van der Waals surface area contributed by atoms with Crippen LogP contribution in [-0.4, -0.2) is 34.3 Å². The number of fused-ring (bicyclic) bond motifs is 3. The van der Waals surface area contributed by atoms with Crippen LogP contribution in [0.3, 0.4) is 0 Å². The molecule has 0 bridgehead atoms. The van der Waals surface area contributed by atoms with E-state index in [1.54, 1.807) is 6.07 Å². The van der Waals surface area contributed by atoms with E-state index >= 15 is 0 Å². The fraction of sp³-hybridized carbons (Fsp3) is 0.333. The number of benzene rings is 2. The first-order valence-electron chi connectivity index (χ1n) is 7.74. The number of hydrogen-bond acceptors (Lipinski definition) is 4. The Labute approximate surface area is 128 Å². The lowest BCUT2D eigenvalue weighted by molar-refractivity contribution is 0.0664. The second-order valence-electron chi connectivity index (χ2n) is 6.11. The molecule has 2 heterocycles. The Hall–Kier alpha value is -2.04. The van der Waals surface area contributed by atoms with Gasteiger partial charge in [0.2, 0.25) is 0 Å². The first-order valence-corrected chi connectivity index (χ1v) is 7.74. The minimum Gasteiger partial charge on any atom is -0.508 e. The molecule has 0 radical (unpaired) electrons. The first-order chi connectivity index (χ1) is 10.7. The number of para-hydroxylation sites is 1. The molecule has 1 aliphatic heterocycles. The lowest BCUT2D eigenvalue weighted by Crippen LogP contribution is -2.37. The van der Waals surface area contributed by atoms with Crippen molar-refractivity contribution in [3.05, 3.63) is 42.0 Å². The predicted molar refractivity (Wildman–Crippen MR) is 85.9 cm³/mol. The number of rotatable bonds is 2. The third-order valence-electron chi connectivity index (χ3n) is 4.45. The third kappa shape index (κ3) is 2.34. The van der Waals surface area contributed by atoms with E-state index < -0.39 is 0 Å². The summed E-state index contributed by atoms with van der Waals surface area (Å²) in [6, 6.07) is 11.6. The van der Waals surface area contributed by atoms with E-state index in [2.05, 4.69) is 4.90 Å². The van der Waals surface area contributed by atoms with Crippen LogP contribution in [0, 0.1) is 0 Å². The van der Waals surface area contributed by atoms with E-state index in [1.165, 1.54) is 0 Å². The number of hydrogen-bond donors (Lipinski definition) is 2. The highest BCUT2D eigenvalue weighted by atomic mass is 16.3. The van der Waals surface area contributed by atoms with Gasteiger partial charge in [0.05, 0.1) is 6.10 Å². The van der Waals surface area contributed by atoms with Gasteiger partial charge < -0.3 is 14.6 Å². The standard InChI is InChI=1S/C18H19NO3/c20-13-4-3-7-19(11-13)10-12-8-18-15(9-16(12)21)14-5-1-2-6-17(14)22-18/h1-2,5-6,8-9,13,20-21H,3-4,7,10-11H2/t13-/m0/s1. The molecule has 0 amide bonds. The Balaban J connectivity index is 1.72. The van der Waals surface area contributed by atoms with E-state index in [0.29, 0.717) is 18.8 Å². The summed E-state index contributed by atoms with van der Waals surface area (Å²) < 4.78 is 5.88. The lowest BCUT2D eigenvalue weighted by Gasteiger charge is -2.30. The maximum atomic E-state index is 10.4. The monoisotopic (exact) mass is 297 g/mol. The molecule has 1 saturated heterocycles. The summed E-state index contributed by atoms with van der Waals surface area (Å²) in [6.45, 7) is 2.25. The summed E-state index contributed by atoms with van der Waals surface area (Å²) in [4.78, 5) is 2.18. The lowest BCUT2D eigenvalue weighted by atomic mass is 10.1. The molecule has 2 aromatic carbocycles. The summed E-state index contributed by atoms with van der Waals surface area (Å²) >= 11 is 0. The molecule has 114 valence electrons. The van der Waals surface area contributed by atoms with Gasteiger partial charge in [-0.05, 0) is 37.6 Å². The quantitative estimate of drug-likeness (QED) is 0.762. The maximum Gasteiger partial charge on any atom is 0.136 e. The fourth-order valence-corrected chi connectivity index (χ4v) is 3.34. The van der Waals surface area contributed by atoms with Crippen LogP contribution in [0.25, 0.3) is 21.9 Å². The predicted octanol–water partition coefficient (Wildman–Crippen LogP) is 3.25. The largest absolute Gasteiger partial charge is 0.508 e. The van der Waals surface area contributed by atoms with Crippen molar-refractivity contribution in [2.45, 2.75) is 25.5 Å². The second kappa shape index (κ2) is 5.30. The van der Waals surface area contributed by atoms with Crippen LogP contribution in [0.2, 0.25) is 0 Å². The van der Waals surface area contributed by atoms with Gasteiger partial charge in [-0.1, -0.05) is 18.2 Å². The van der Waals surface area contributed by atoms with Gasteiger partial charge in [-0.3, -0.25) is 4.90 Å². The number of furan rings is 1. The Morgan fingerprint density at radius 1 is 1.14 bits per heavy atom. The van der Waals surface area contributed by atoms with Crippen LogP contribution in [0.1, 0.15) is 18.4 Å². The minimum absolute atomic E-state index is 0.258. The smallest absolute Gasteiger partial charge is 0.136 e. The SMILES string of the molecule is Oc1cc2c(cc1CN1CCC[C@H](O)C1)oc1ccccc12. The van der Waals surface area contributed by atoms with E-state index in [-0.39, 0.29) is 6.10 Å². The molecule has 0 saturated carbocycles. The molecule has 1 aromatic heterocycles. The molecule has 3 aromatic rings. The summed E-state index contributed by atoms with van der Waals surface area (Å²) in [5, 5.41) is 22.1. The van der Waals surface area contributed by atoms with Crippen molar-refractivity contribution in [2.75, 3.05) is 13.1 Å². The third-order valence-corrected chi connectivity index (χ3v) is 4.45. The molecule has 1 fully saturated rings. The number of aliphatic hydroxyl groups is 1. The van der Waals surface area contributed by atoms with Crippen molar-refractivity contribution in [3.63, 3.8) is 0 Å². The average molecular weight is 297 g/mol. The van der Waals surface area contributed by atoms with Crippen LogP contribution in [0.15, 0.2) is 40.8 Å². The molecule has 1 atom stereocenters. The number of β-amino-alcohol motifs (C(OH)–C–C–N with tert-alkyl or cyclic N) is 1. The van der Waals surface area contributed by atoms with Gasteiger partial charge in [0, 0.05) is 29.4 Å².